The molecule has 5 nitrogen and oxygen atoms in total. The van der Waals surface area contributed by atoms with Crippen LogP contribution >= 0.6 is 22.7 Å². The summed E-state index contributed by atoms with van der Waals surface area (Å²) >= 11 is 2.76. The van der Waals surface area contributed by atoms with Crippen LogP contribution in [0.25, 0.3) is 0 Å². The van der Waals surface area contributed by atoms with E-state index >= 15 is 0 Å². The van der Waals surface area contributed by atoms with Crippen LogP contribution in [-0.2, 0) is 17.4 Å². The number of halogens is 3. The van der Waals surface area contributed by atoms with Gasteiger partial charge in [0.25, 0.3) is 0 Å². The van der Waals surface area contributed by atoms with Gasteiger partial charge in [-0.2, -0.15) is 18.3 Å². The zero-order valence-electron chi connectivity index (χ0n) is 14.6. The van der Waals surface area contributed by atoms with Crippen LogP contribution in [-0.4, -0.2) is 17.1 Å². The molecular weight excluding hydrogens is 409 g/mol. The van der Waals surface area contributed by atoms with Crippen LogP contribution in [0.1, 0.15) is 21.0 Å². The minimum atomic E-state index is -4.41. The van der Waals surface area contributed by atoms with Crippen LogP contribution in [0.5, 0.6) is 0 Å². The fraction of sp³-hybridized carbons (Fsp3) is 0.167. The molecule has 2 aromatic heterocycles. The molecule has 0 aliphatic rings. The van der Waals surface area contributed by atoms with Crippen LogP contribution in [0.3, 0.4) is 0 Å². The number of thiophene rings is 1. The second-order valence-corrected chi connectivity index (χ2v) is 7.94. The number of amides is 1. The summed E-state index contributed by atoms with van der Waals surface area (Å²) in [5.41, 5.74) is 2.46. The third-order valence-electron chi connectivity index (χ3n) is 3.48. The number of carbonyl (C=O) groups is 1. The fourth-order valence-corrected chi connectivity index (χ4v) is 3.72. The van der Waals surface area contributed by atoms with Gasteiger partial charge in [-0.3, -0.25) is 4.79 Å². The number of hydrogen-bond donors (Lipinski definition) is 2. The van der Waals surface area contributed by atoms with E-state index in [4.69, 9.17) is 0 Å². The summed E-state index contributed by atoms with van der Waals surface area (Å²) in [6.45, 7) is 1.98. The molecule has 0 radical (unpaired) electrons. The van der Waals surface area contributed by atoms with E-state index < -0.39 is 11.7 Å². The molecule has 28 heavy (non-hydrogen) atoms. The number of benzene rings is 1. The molecule has 0 bridgehead atoms. The summed E-state index contributed by atoms with van der Waals surface area (Å²) < 4.78 is 38.3. The van der Waals surface area contributed by atoms with Crippen molar-refractivity contribution in [3.05, 3.63) is 62.8 Å². The normalized spacial score (nSPS) is 11.7. The van der Waals surface area contributed by atoms with Gasteiger partial charge in [-0.15, -0.1) is 22.7 Å². The van der Waals surface area contributed by atoms with Gasteiger partial charge in [-0.25, -0.2) is 10.4 Å². The van der Waals surface area contributed by atoms with Crippen molar-refractivity contribution >= 4 is 45.6 Å². The Kier molecular flexibility index (Phi) is 6.10. The molecule has 1 amide bonds. The van der Waals surface area contributed by atoms with E-state index in [0.29, 0.717) is 10.8 Å². The summed E-state index contributed by atoms with van der Waals surface area (Å²) in [4.78, 5) is 18.2. The summed E-state index contributed by atoms with van der Waals surface area (Å²) in [5, 5.41) is 8.79. The standard InChI is InChI=1S/C18H15F3N4OS2/c1-11-5-6-15(28-11)9-22-25-16(26)8-14-10-27-17(24-14)23-13-4-2-3-12(7-13)18(19,20)21/h2-7,9-10H,8H2,1H3,(H,23,24)(H,25,26)/b22-9-. The highest BCUT2D eigenvalue weighted by atomic mass is 32.1. The van der Waals surface area contributed by atoms with Crippen molar-refractivity contribution in [2.45, 2.75) is 19.5 Å². The number of thiazole rings is 1. The minimum absolute atomic E-state index is 0.0155. The Morgan fingerprint density at radius 2 is 2.11 bits per heavy atom. The average Bonchev–Trinajstić information content (AvgIpc) is 3.23. The lowest BCUT2D eigenvalue weighted by molar-refractivity contribution is -0.137. The van der Waals surface area contributed by atoms with E-state index in [1.54, 1.807) is 22.9 Å². The predicted molar refractivity (Wildman–Crippen MR) is 105 cm³/mol. The minimum Gasteiger partial charge on any atom is -0.332 e. The van der Waals surface area contributed by atoms with Gasteiger partial charge in [0.05, 0.1) is 23.9 Å². The number of nitrogens with zero attached hydrogens (tertiary/aromatic N) is 2. The zero-order chi connectivity index (χ0) is 20.1. The second kappa shape index (κ2) is 8.53. The Hall–Kier alpha value is -2.72. The van der Waals surface area contributed by atoms with Gasteiger partial charge in [0.1, 0.15) is 0 Å². The number of rotatable bonds is 6. The first-order valence-electron chi connectivity index (χ1n) is 8.06. The summed E-state index contributed by atoms with van der Waals surface area (Å²) in [7, 11) is 0. The Bertz CT molecular complexity index is 995. The molecule has 3 rings (SSSR count). The molecular formula is C18H15F3N4OS2. The first kappa shape index (κ1) is 20.0. The monoisotopic (exact) mass is 424 g/mol. The molecule has 2 heterocycles. The number of anilines is 2. The van der Waals surface area contributed by atoms with E-state index in [2.05, 4.69) is 20.8 Å². The molecule has 10 heteroatoms. The van der Waals surface area contributed by atoms with Gasteiger partial charge < -0.3 is 5.32 Å². The average molecular weight is 424 g/mol. The predicted octanol–water partition coefficient (Wildman–Crippen LogP) is 4.97. The molecule has 146 valence electrons. The lowest BCUT2D eigenvalue weighted by Crippen LogP contribution is -2.19. The first-order valence-corrected chi connectivity index (χ1v) is 9.76. The first-order chi connectivity index (χ1) is 13.3. The van der Waals surface area contributed by atoms with Crippen molar-refractivity contribution in [3.8, 4) is 0 Å². The van der Waals surface area contributed by atoms with Crippen molar-refractivity contribution in [1.82, 2.24) is 10.4 Å². The quantitative estimate of drug-likeness (QED) is 0.434. The molecule has 3 aromatic rings. The highest BCUT2D eigenvalue weighted by Crippen LogP contribution is 2.31. The molecule has 0 saturated carbocycles. The third kappa shape index (κ3) is 5.64. The van der Waals surface area contributed by atoms with Crippen LogP contribution < -0.4 is 10.7 Å². The van der Waals surface area contributed by atoms with Gasteiger partial charge in [0.2, 0.25) is 5.91 Å². The van der Waals surface area contributed by atoms with E-state index in [-0.39, 0.29) is 18.0 Å². The molecule has 0 fully saturated rings. The summed E-state index contributed by atoms with van der Waals surface area (Å²) in [6, 6.07) is 8.71. The largest absolute Gasteiger partial charge is 0.416 e. The SMILES string of the molecule is Cc1ccc(/C=N\NC(=O)Cc2csc(Nc3cccc(C(F)(F)F)c3)n2)s1. The number of hydrazone groups is 1. The van der Waals surface area contributed by atoms with Crippen molar-refractivity contribution in [3.63, 3.8) is 0 Å². The van der Waals surface area contributed by atoms with Crippen molar-refractivity contribution in [2.75, 3.05) is 5.32 Å². The molecule has 0 aliphatic carbocycles. The Morgan fingerprint density at radius 1 is 1.29 bits per heavy atom. The number of aryl methyl sites for hydroxylation is 1. The molecule has 0 unspecified atom stereocenters. The number of carbonyl (C=O) groups excluding carboxylic acids is 1. The van der Waals surface area contributed by atoms with Crippen LogP contribution in [0, 0.1) is 6.92 Å². The van der Waals surface area contributed by atoms with E-state index in [9.17, 15) is 18.0 Å². The molecule has 0 spiro atoms. The molecule has 0 saturated heterocycles. The van der Waals surface area contributed by atoms with Gasteiger partial charge in [0, 0.05) is 20.8 Å². The van der Waals surface area contributed by atoms with E-state index in [1.165, 1.54) is 23.5 Å². The lowest BCUT2D eigenvalue weighted by Gasteiger charge is -2.08. The van der Waals surface area contributed by atoms with Crippen LogP contribution in [0.15, 0.2) is 46.9 Å². The molecule has 1 aromatic carbocycles. The van der Waals surface area contributed by atoms with Crippen molar-refractivity contribution < 1.29 is 18.0 Å². The van der Waals surface area contributed by atoms with Crippen LogP contribution in [0.2, 0.25) is 0 Å². The summed E-state index contributed by atoms with van der Waals surface area (Å²) in [6.07, 6.45) is -2.83. The lowest BCUT2D eigenvalue weighted by atomic mass is 10.2. The highest BCUT2D eigenvalue weighted by Gasteiger charge is 2.30. The van der Waals surface area contributed by atoms with Gasteiger partial charge in [0.15, 0.2) is 5.13 Å². The third-order valence-corrected chi connectivity index (χ3v) is 5.22. The maximum absolute atomic E-state index is 12.8. The number of nitrogens with one attached hydrogen (secondary N) is 2. The fourth-order valence-electron chi connectivity index (χ4n) is 2.24. The Balaban J connectivity index is 1.55. The topological polar surface area (TPSA) is 66.4 Å². The highest BCUT2D eigenvalue weighted by molar-refractivity contribution is 7.14. The van der Waals surface area contributed by atoms with Gasteiger partial charge in [-0.1, -0.05) is 6.07 Å². The molecule has 0 aliphatic heterocycles. The Morgan fingerprint density at radius 3 is 2.82 bits per heavy atom. The van der Waals surface area contributed by atoms with Gasteiger partial charge >= 0.3 is 6.18 Å². The second-order valence-electron chi connectivity index (χ2n) is 5.77. The number of hydrogen-bond acceptors (Lipinski definition) is 6. The number of alkyl halides is 3. The van der Waals surface area contributed by atoms with Crippen molar-refractivity contribution in [1.29, 1.82) is 0 Å². The van der Waals surface area contributed by atoms with Gasteiger partial charge in [-0.05, 0) is 37.3 Å². The summed E-state index contributed by atoms with van der Waals surface area (Å²) in [5.74, 6) is -0.333. The van der Waals surface area contributed by atoms with Crippen LogP contribution in [0.4, 0.5) is 24.0 Å². The van der Waals surface area contributed by atoms with Crippen molar-refractivity contribution in [2.24, 2.45) is 5.10 Å². The number of aromatic nitrogens is 1. The maximum Gasteiger partial charge on any atom is 0.416 e. The molecule has 2 N–H and O–H groups in total. The van der Waals surface area contributed by atoms with E-state index in [1.807, 2.05) is 19.1 Å². The van der Waals surface area contributed by atoms with E-state index in [0.717, 1.165) is 21.9 Å². The Labute approximate surface area is 166 Å². The smallest absolute Gasteiger partial charge is 0.332 e. The zero-order valence-corrected chi connectivity index (χ0v) is 16.2. The maximum atomic E-state index is 12.8. The molecule has 0 atom stereocenters.